The van der Waals surface area contributed by atoms with E-state index in [0.29, 0.717) is 11.2 Å². The lowest BCUT2D eigenvalue weighted by atomic mass is 10.3. The van der Waals surface area contributed by atoms with E-state index in [0.717, 1.165) is 22.5 Å². The summed E-state index contributed by atoms with van der Waals surface area (Å²) in [6.45, 7) is 0.408. The molecule has 0 saturated heterocycles. The van der Waals surface area contributed by atoms with Gasteiger partial charge in [0.15, 0.2) is 0 Å². The summed E-state index contributed by atoms with van der Waals surface area (Å²) in [6, 6.07) is 9.94. The lowest BCUT2D eigenvalue weighted by molar-refractivity contribution is 0.629. The summed E-state index contributed by atoms with van der Waals surface area (Å²) >= 11 is 1.05. The molecule has 0 N–H and O–H groups in total. The molecule has 2 aromatic heterocycles. The van der Waals surface area contributed by atoms with Crippen molar-refractivity contribution in [1.82, 2.24) is 9.55 Å². The normalized spacial score (nSPS) is 10.9. The average Bonchev–Trinajstić information content (AvgIpc) is 2.66. The van der Waals surface area contributed by atoms with Crippen molar-refractivity contribution in [2.24, 2.45) is 0 Å². The molecule has 3 nitrogen and oxygen atoms in total. The van der Waals surface area contributed by atoms with Gasteiger partial charge in [0.2, 0.25) is 0 Å². The molecule has 0 radical (unpaired) electrons. The third-order valence-corrected chi connectivity index (χ3v) is 3.62. The van der Waals surface area contributed by atoms with Gasteiger partial charge >= 0.3 is 4.87 Å². The summed E-state index contributed by atoms with van der Waals surface area (Å²) in [5.74, 6) is -0.325. The highest BCUT2D eigenvalue weighted by atomic mass is 32.1. The molecule has 90 valence electrons. The maximum atomic E-state index is 13.1. The molecular weight excluding hydrogens is 251 g/mol. The third kappa shape index (κ3) is 1.93. The Bertz CT molecular complexity index is 749. The van der Waals surface area contributed by atoms with Crippen molar-refractivity contribution < 1.29 is 4.39 Å². The zero-order chi connectivity index (χ0) is 12.5. The predicted octanol–water partition coefficient (Wildman–Crippen LogP) is 2.65. The third-order valence-electron chi connectivity index (χ3n) is 2.68. The molecule has 0 saturated carbocycles. The molecule has 1 aromatic carbocycles. The van der Waals surface area contributed by atoms with Crippen LogP contribution in [-0.2, 0) is 6.54 Å². The number of thiazole rings is 1. The Hall–Kier alpha value is -2.01. The number of nitrogens with zero attached hydrogens (tertiary/aromatic N) is 2. The molecule has 0 aliphatic carbocycles. The van der Waals surface area contributed by atoms with E-state index in [1.165, 1.54) is 12.1 Å². The van der Waals surface area contributed by atoms with Gasteiger partial charge in [0.1, 0.15) is 5.82 Å². The Kier molecular flexibility index (Phi) is 2.68. The molecule has 0 spiro atoms. The van der Waals surface area contributed by atoms with Crippen molar-refractivity contribution in [3.05, 3.63) is 63.8 Å². The van der Waals surface area contributed by atoms with Gasteiger partial charge in [-0.3, -0.25) is 14.3 Å². The van der Waals surface area contributed by atoms with E-state index in [-0.39, 0.29) is 10.7 Å². The van der Waals surface area contributed by atoms with Crippen LogP contribution in [0.4, 0.5) is 4.39 Å². The van der Waals surface area contributed by atoms with Crippen molar-refractivity contribution in [2.75, 3.05) is 0 Å². The summed E-state index contributed by atoms with van der Waals surface area (Å²) in [6.07, 6.45) is 1.69. The first-order chi connectivity index (χ1) is 8.74. The van der Waals surface area contributed by atoms with E-state index < -0.39 is 0 Å². The van der Waals surface area contributed by atoms with Crippen LogP contribution >= 0.6 is 11.3 Å². The fourth-order valence-corrected chi connectivity index (χ4v) is 2.76. The van der Waals surface area contributed by atoms with E-state index in [1.54, 1.807) is 16.8 Å². The maximum Gasteiger partial charge on any atom is 0.308 e. The Labute approximate surface area is 106 Å². The average molecular weight is 260 g/mol. The number of hydrogen-bond donors (Lipinski definition) is 0. The van der Waals surface area contributed by atoms with E-state index in [9.17, 15) is 9.18 Å². The van der Waals surface area contributed by atoms with Gasteiger partial charge < -0.3 is 0 Å². The summed E-state index contributed by atoms with van der Waals surface area (Å²) in [4.78, 5) is 16.0. The zero-order valence-corrected chi connectivity index (χ0v) is 10.2. The second kappa shape index (κ2) is 4.34. The molecule has 0 atom stereocenters. The SMILES string of the molecule is O=c1sc2cc(F)ccc2n1Cc1ccccn1. The highest BCUT2D eigenvalue weighted by molar-refractivity contribution is 7.16. The molecule has 3 rings (SSSR count). The number of halogens is 1. The lowest BCUT2D eigenvalue weighted by Crippen LogP contribution is -2.14. The quantitative estimate of drug-likeness (QED) is 0.710. The smallest absolute Gasteiger partial charge is 0.293 e. The number of pyridine rings is 1. The monoisotopic (exact) mass is 260 g/mol. The Morgan fingerprint density at radius 3 is 2.94 bits per heavy atom. The second-order valence-corrected chi connectivity index (χ2v) is 4.88. The number of rotatable bonds is 2. The van der Waals surface area contributed by atoms with Crippen LogP contribution < -0.4 is 4.87 Å². The molecule has 0 fully saturated rings. The fourth-order valence-electron chi connectivity index (χ4n) is 1.84. The van der Waals surface area contributed by atoms with Gasteiger partial charge in [-0.15, -0.1) is 0 Å². The number of aromatic nitrogens is 2. The summed E-state index contributed by atoms with van der Waals surface area (Å²) in [5.41, 5.74) is 1.56. The minimum Gasteiger partial charge on any atom is -0.293 e. The standard InChI is InChI=1S/C13H9FN2OS/c14-9-4-5-11-12(7-9)18-13(17)16(11)8-10-3-1-2-6-15-10/h1-7H,8H2. The molecule has 0 amide bonds. The van der Waals surface area contributed by atoms with Crippen LogP contribution in [0.5, 0.6) is 0 Å². The van der Waals surface area contributed by atoms with Gasteiger partial charge in [0, 0.05) is 6.20 Å². The van der Waals surface area contributed by atoms with E-state index in [2.05, 4.69) is 4.98 Å². The summed E-state index contributed by atoms with van der Waals surface area (Å²) in [7, 11) is 0. The fraction of sp³-hybridized carbons (Fsp3) is 0.0769. The molecule has 0 unspecified atom stereocenters. The van der Waals surface area contributed by atoms with Crippen LogP contribution in [0.25, 0.3) is 10.2 Å². The predicted molar refractivity (Wildman–Crippen MR) is 69.4 cm³/mol. The van der Waals surface area contributed by atoms with Crippen LogP contribution in [0.3, 0.4) is 0 Å². The van der Waals surface area contributed by atoms with Gasteiger partial charge in [-0.1, -0.05) is 17.4 Å². The molecular formula is C13H9FN2OS. The minimum absolute atomic E-state index is 0.0961. The van der Waals surface area contributed by atoms with E-state index >= 15 is 0 Å². The number of fused-ring (bicyclic) bond motifs is 1. The summed E-state index contributed by atoms with van der Waals surface area (Å²) in [5, 5.41) is 0. The van der Waals surface area contributed by atoms with Crippen molar-refractivity contribution in [2.45, 2.75) is 6.54 Å². The Morgan fingerprint density at radius 2 is 2.17 bits per heavy atom. The maximum absolute atomic E-state index is 13.1. The van der Waals surface area contributed by atoms with Gasteiger partial charge in [-0.2, -0.15) is 0 Å². The van der Waals surface area contributed by atoms with Gasteiger partial charge in [0.25, 0.3) is 0 Å². The minimum atomic E-state index is -0.325. The lowest BCUT2D eigenvalue weighted by Gasteiger charge is -2.02. The zero-order valence-electron chi connectivity index (χ0n) is 9.34. The Balaban J connectivity index is 2.12. The number of benzene rings is 1. The Morgan fingerprint density at radius 1 is 1.28 bits per heavy atom. The van der Waals surface area contributed by atoms with Crippen molar-refractivity contribution in [3.63, 3.8) is 0 Å². The van der Waals surface area contributed by atoms with E-state index in [1.807, 2.05) is 18.2 Å². The van der Waals surface area contributed by atoms with E-state index in [4.69, 9.17) is 0 Å². The van der Waals surface area contributed by atoms with Crippen LogP contribution in [0.15, 0.2) is 47.4 Å². The summed E-state index contributed by atoms with van der Waals surface area (Å²) < 4.78 is 15.4. The number of hydrogen-bond acceptors (Lipinski definition) is 3. The molecule has 0 aliphatic rings. The first-order valence-electron chi connectivity index (χ1n) is 5.43. The first kappa shape index (κ1) is 11.1. The van der Waals surface area contributed by atoms with Gasteiger partial charge in [-0.05, 0) is 30.3 Å². The van der Waals surface area contributed by atoms with Crippen molar-refractivity contribution >= 4 is 21.6 Å². The topological polar surface area (TPSA) is 34.9 Å². The highest BCUT2D eigenvalue weighted by Crippen LogP contribution is 2.19. The van der Waals surface area contributed by atoms with Gasteiger partial charge in [0.05, 0.1) is 22.5 Å². The molecule has 5 heteroatoms. The highest BCUT2D eigenvalue weighted by Gasteiger charge is 2.08. The molecule has 0 aliphatic heterocycles. The first-order valence-corrected chi connectivity index (χ1v) is 6.24. The largest absolute Gasteiger partial charge is 0.308 e. The van der Waals surface area contributed by atoms with Crippen molar-refractivity contribution in [1.29, 1.82) is 0 Å². The molecule has 3 aromatic rings. The van der Waals surface area contributed by atoms with Crippen molar-refractivity contribution in [3.8, 4) is 0 Å². The van der Waals surface area contributed by atoms with Gasteiger partial charge in [-0.25, -0.2) is 4.39 Å². The molecule has 2 heterocycles. The van der Waals surface area contributed by atoms with Crippen LogP contribution in [0.1, 0.15) is 5.69 Å². The van der Waals surface area contributed by atoms with Crippen LogP contribution in [-0.4, -0.2) is 9.55 Å². The van der Waals surface area contributed by atoms with Crippen LogP contribution in [0, 0.1) is 5.82 Å². The van der Waals surface area contributed by atoms with Crippen LogP contribution in [0.2, 0.25) is 0 Å². The molecule has 18 heavy (non-hydrogen) atoms. The molecule has 0 bridgehead atoms. The second-order valence-electron chi connectivity index (χ2n) is 3.89.